The van der Waals surface area contributed by atoms with Crippen LogP contribution in [0.2, 0.25) is 0 Å². The third-order valence-electron chi connectivity index (χ3n) is 4.23. The van der Waals surface area contributed by atoms with Crippen LogP contribution in [-0.4, -0.2) is 5.11 Å². The van der Waals surface area contributed by atoms with E-state index in [0.717, 1.165) is 22.3 Å². The number of terminal acetylenes is 1. The van der Waals surface area contributed by atoms with Gasteiger partial charge in [0, 0.05) is 46.5 Å². The third-order valence-corrected chi connectivity index (χ3v) is 4.23. The van der Waals surface area contributed by atoms with Crippen LogP contribution >= 0.6 is 0 Å². The lowest BCUT2D eigenvalue weighted by Crippen LogP contribution is -3.00. The maximum absolute atomic E-state index is 11.5. The van der Waals surface area contributed by atoms with Crippen molar-refractivity contribution in [1.29, 1.82) is 0 Å². The van der Waals surface area contributed by atoms with Gasteiger partial charge < -0.3 is 29.9 Å². The molecule has 0 saturated carbocycles. The number of nitrogens with zero attached hydrogens (tertiary/aromatic N) is 2. The molecule has 2 aromatic heterocycles. The zero-order valence-corrected chi connectivity index (χ0v) is 17.1. The molecule has 0 saturated heterocycles. The predicted octanol–water partition coefficient (Wildman–Crippen LogP) is -4.39. The molecule has 3 nitrogen and oxygen atoms in total. The summed E-state index contributed by atoms with van der Waals surface area (Å²) in [7, 11) is 3.87. The van der Waals surface area contributed by atoms with Crippen molar-refractivity contribution in [2.24, 2.45) is 14.1 Å². The minimum atomic E-state index is -1.41. The average Bonchev–Trinajstić information content (AvgIpc) is 2.67. The van der Waals surface area contributed by atoms with Gasteiger partial charge in [-0.05, 0) is 24.3 Å². The van der Waals surface area contributed by atoms with Crippen molar-refractivity contribution < 1.29 is 39.1 Å². The summed E-state index contributed by atoms with van der Waals surface area (Å²) in [5.41, 5.74) is 1.63. The van der Waals surface area contributed by atoms with Crippen LogP contribution in [0.4, 0.5) is 0 Å². The van der Waals surface area contributed by atoms with Crippen molar-refractivity contribution in [2.45, 2.75) is 5.60 Å². The summed E-state index contributed by atoms with van der Waals surface area (Å²) in [5, 5.41) is 11.5. The molecule has 0 aliphatic rings. The smallest absolute Gasteiger partial charge is 0.178 e. The molecule has 0 bridgehead atoms. The largest absolute Gasteiger partial charge is 1.00 e. The molecule has 0 fully saturated rings. The van der Waals surface area contributed by atoms with Crippen molar-refractivity contribution in [3.63, 3.8) is 0 Å². The first kappa shape index (κ1) is 23.2. The summed E-state index contributed by atoms with van der Waals surface area (Å²) in [5.74, 6) is 8.72. The van der Waals surface area contributed by atoms with E-state index in [4.69, 9.17) is 6.42 Å². The van der Waals surface area contributed by atoms with E-state index in [-0.39, 0.29) is 24.8 Å². The Hall–Kier alpha value is -2.82. The summed E-state index contributed by atoms with van der Waals surface area (Å²) < 4.78 is 3.84. The highest BCUT2D eigenvalue weighted by molar-refractivity contribution is 5.47. The number of aryl methyl sites for hydroxylation is 2. The normalized spacial score (nSPS) is 9.79. The van der Waals surface area contributed by atoms with E-state index in [9.17, 15) is 5.11 Å². The van der Waals surface area contributed by atoms with Crippen LogP contribution in [0.1, 0.15) is 22.3 Å². The quantitative estimate of drug-likeness (QED) is 0.335. The molecule has 0 radical (unpaired) electrons. The lowest BCUT2D eigenvalue weighted by atomic mass is 9.87. The minimum absolute atomic E-state index is 0. The van der Waals surface area contributed by atoms with Crippen molar-refractivity contribution in [3.8, 4) is 24.2 Å². The molecule has 1 aromatic carbocycles. The minimum Gasteiger partial charge on any atom is -1.00 e. The van der Waals surface area contributed by atoms with Gasteiger partial charge in [0.25, 0.3) is 0 Å². The number of halogens is 2. The molecule has 0 amide bonds. The SMILES string of the molecule is C#Cc1ccc(C#CC(O)(c2cc[n+](C)cc2)c2cc[n+](C)cc2)cc1.[Cl-].[Cl-]. The second kappa shape index (κ2) is 9.93. The van der Waals surface area contributed by atoms with Crippen molar-refractivity contribution >= 4 is 0 Å². The van der Waals surface area contributed by atoms with Crippen LogP contribution < -0.4 is 33.9 Å². The van der Waals surface area contributed by atoms with Gasteiger partial charge in [-0.15, -0.1) is 6.42 Å². The zero-order valence-electron chi connectivity index (χ0n) is 15.6. The summed E-state index contributed by atoms with van der Waals surface area (Å²) in [6.45, 7) is 0. The van der Waals surface area contributed by atoms with Gasteiger partial charge in [0.1, 0.15) is 14.1 Å². The van der Waals surface area contributed by atoms with E-state index in [1.807, 2.05) is 96.5 Å². The topological polar surface area (TPSA) is 28.0 Å². The van der Waals surface area contributed by atoms with E-state index < -0.39 is 5.60 Å². The molecule has 0 unspecified atom stereocenters. The fourth-order valence-corrected chi connectivity index (χ4v) is 2.61. The van der Waals surface area contributed by atoms with Crippen molar-refractivity contribution in [2.75, 3.05) is 0 Å². The van der Waals surface area contributed by atoms with E-state index in [1.165, 1.54) is 0 Å². The molecule has 142 valence electrons. The number of aliphatic hydroxyl groups is 1. The Morgan fingerprint density at radius 2 is 1.14 bits per heavy atom. The lowest BCUT2D eigenvalue weighted by molar-refractivity contribution is -0.671. The Morgan fingerprint density at radius 1 is 0.750 bits per heavy atom. The first-order valence-electron chi connectivity index (χ1n) is 8.25. The van der Waals surface area contributed by atoms with E-state index >= 15 is 0 Å². The lowest BCUT2D eigenvalue weighted by Gasteiger charge is -2.22. The van der Waals surface area contributed by atoms with Gasteiger partial charge in [0.15, 0.2) is 30.4 Å². The summed E-state index contributed by atoms with van der Waals surface area (Å²) in [4.78, 5) is 0. The fraction of sp³-hybridized carbons (Fsp3) is 0.130. The molecule has 5 heteroatoms. The number of rotatable bonds is 2. The Bertz CT molecular complexity index is 964. The number of hydrogen-bond donors (Lipinski definition) is 1. The second-order valence-electron chi connectivity index (χ2n) is 6.19. The molecular formula is C23H20Cl2N2O. The number of aromatic nitrogens is 2. The Kier molecular flexibility index (Phi) is 8.23. The van der Waals surface area contributed by atoms with Gasteiger partial charge in [0.05, 0.1) is 0 Å². The van der Waals surface area contributed by atoms with Crippen LogP contribution in [0.15, 0.2) is 73.3 Å². The molecule has 0 spiro atoms. The highest BCUT2D eigenvalue weighted by Crippen LogP contribution is 2.28. The molecule has 28 heavy (non-hydrogen) atoms. The number of benzene rings is 1. The van der Waals surface area contributed by atoms with Crippen molar-refractivity contribution in [3.05, 3.63) is 95.6 Å². The molecular weight excluding hydrogens is 391 g/mol. The number of pyridine rings is 2. The zero-order chi connectivity index (χ0) is 18.6. The Labute approximate surface area is 178 Å². The Morgan fingerprint density at radius 3 is 1.54 bits per heavy atom. The molecule has 0 aliphatic heterocycles. The summed E-state index contributed by atoms with van der Waals surface area (Å²) >= 11 is 0. The fourth-order valence-electron chi connectivity index (χ4n) is 2.61. The monoisotopic (exact) mass is 410 g/mol. The summed E-state index contributed by atoms with van der Waals surface area (Å²) in [6.07, 6.45) is 13.0. The molecule has 3 rings (SSSR count). The average molecular weight is 411 g/mol. The van der Waals surface area contributed by atoms with Crippen LogP contribution in [0.5, 0.6) is 0 Å². The Balaban J connectivity index is 0.00000196. The van der Waals surface area contributed by atoms with Gasteiger partial charge in [-0.2, -0.15) is 0 Å². The first-order chi connectivity index (χ1) is 12.5. The summed E-state index contributed by atoms with van der Waals surface area (Å²) in [6, 6.07) is 14.9. The van der Waals surface area contributed by atoms with Crippen LogP contribution in [0, 0.1) is 24.2 Å². The van der Waals surface area contributed by atoms with Gasteiger partial charge >= 0.3 is 0 Å². The maximum atomic E-state index is 11.5. The standard InChI is InChI=1S/C23H20N2O.2ClH/c1-4-19-5-7-20(8-6-19)9-14-23(26,21-10-15-24(2)16-11-21)22-12-17-25(3)18-13-22;;/h1,5-8,10-13,15-18,26H,2-3H3;2*1H/q+2;;/p-2. The van der Waals surface area contributed by atoms with Crippen LogP contribution in [0.25, 0.3) is 0 Å². The number of hydrogen-bond acceptors (Lipinski definition) is 1. The predicted molar refractivity (Wildman–Crippen MR) is 99.5 cm³/mol. The molecule has 2 heterocycles. The van der Waals surface area contributed by atoms with Gasteiger partial charge in [0.2, 0.25) is 0 Å². The molecule has 0 aliphatic carbocycles. The van der Waals surface area contributed by atoms with Crippen LogP contribution in [-0.2, 0) is 19.7 Å². The van der Waals surface area contributed by atoms with E-state index in [1.54, 1.807) is 0 Å². The molecule has 3 aromatic rings. The molecule has 0 atom stereocenters. The van der Waals surface area contributed by atoms with Gasteiger partial charge in [-0.1, -0.05) is 17.8 Å². The van der Waals surface area contributed by atoms with E-state index in [0.29, 0.717) is 0 Å². The highest BCUT2D eigenvalue weighted by atomic mass is 35.5. The maximum Gasteiger partial charge on any atom is 0.178 e. The van der Waals surface area contributed by atoms with Crippen molar-refractivity contribution in [1.82, 2.24) is 0 Å². The third kappa shape index (κ3) is 5.12. The van der Waals surface area contributed by atoms with Gasteiger partial charge in [-0.3, -0.25) is 0 Å². The van der Waals surface area contributed by atoms with E-state index in [2.05, 4.69) is 17.8 Å². The highest BCUT2D eigenvalue weighted by Gasteiger charge is 2.31. The van der Waals surface area contributed by atoms with Gasteiger partial charge in [-0.25, -0.2) is 9.13 Å². The molecule has 1 N–H and O–H groups in total. The second-order valence-corrected chi connectivity index (χ2v) is 6.19. The van der Waals surface area contributed by atoms with Crippen LogP contribution in [0.3, 0.4) is 0 Å². The first-order valence-corrected chi connectivity index (χ1v) is 8.25.